The van der Waals surface area contributed by atoms with E-state index in [1.54, 1.807) is 6.07 Å². The van der Waals surface area contributed by atoms with Crippen LogP contribution in [-0.4, -0.2) is 8.42 Å². The van der Waals surface area contributed by atoms with Crippen LogP contribution in [0.3, 0.4) is 0 Å². The summed E-state index contributed by atoms with van der Waals surface area (Å²) in [4.78, 5) is 0.641. The van der Waals surface area contributed by atoms with E-state index in [-0.39, 0.29) is 5.75 Å². The highest BCUT2D eigenvalue weighted by atomic mass is 127. The molecule has 13 heavy (non-hydrogen) atoms. The molecule has 4 nitrogen and oxygen atoms in total. The monoisotopic (exact) mass is 331 g/mol. The summed E-state index contributed by atoms with van der Waals surface area (Å²) in [6.07, 6.45) is 0. The minimum absolute atomic E-state index is 0.160. The average molecular weight is 331 g/mol. The van der Waals surface area contributed by atoms with Gasteiger partial charge < -0.3 is 4.18 Å². The first-order chi connectivity index (χ1) is 5.88. The van der Waals surface area contributed by atoms with Gasteiger partial charge in [0.2, 0.25) is 0 Å². The van der Waals surface area contributed by atoms with Crippen LogP contribution in [0.2, 0.25) is 0 Å². The highest BCUT2D eigenvalue weighted by Crippen LogP contribution is 2.22. The fourth-order valence-electron chi connectivity index (χ4n) is 0.678. The Balaban J connectivity index is 2.99. The van der Waals surface area contributed by atoms with Crippen LogP contribution in [0, 0.1) is 3.57 Å². The molecule has 1 rings (SSSR count). The Kier molecular flexibility index (Phi) is 3.44. The smallest absolute Gasteiger partial charge is 0.371 e. The minimum atomic E-state index is -3.94. The van der Waals surface area contributed by atoms with Crippen LogP contribution in [-0.2, 0) is 10.3 Å². The van der Waals surface area contributed by atoms with Gasteiger partial charge in [-0.3, -0.25) is 0 Å². The predicted octanol–water partition coefficient (Wildman–Crippen LogP) is 1.16. The van der Waals surface area contributed by atoms with Crippen molar-refractivity contribution < 1.29 is 12.6 Å². The van der Waals surface area contributed by atoms with Crippen LogP contribution in [0.4, 0.5) is 0 Å². The van der Waals surface area contributed by atoms with E-state index in [1.807, 2.05) is 0 Å². The number of benzene rings is 1. The fourth-order valence-corrected chi connectivity index (χ4v) is 1.59. The molecule has 72 valence electrons. The lowest BCUT2D eigenvalue weighted by molar-refractivity contribution is 0.487. The standard InChI is InChI=1S/C6H6INO3S2/c7-5-2-1-4(3-6(5)12)11-13(8,9)10/h1-3,12H,(H2,8,9,10). The third kappa shape index (κ3) is 3.71. The summed E-state index contributed by atoms with van der Waals surface area (Å²) >= 11 is 6.16. The van der Waals surface area contributed by atoms with E-state index in [1.165, 1.54) is 12.1 Å². The maximum Gasteiger partial charge on any atom is 0.380 e. The zero-order valence-corrected chi connectivity index (χ0v) is 10.1. The molecule has 0 bridgehead atoms. The molecule has 0 unspecified atom stereocenters. The van der Waals surface area contributed by atoms with Crippen LogP contribution in [0.15, 0.2) is 23.1 Å². The van der Waals surface area contributed by atoms with Gasteiger partial charge in [-0.2, -0.15) is 13.6 Å². The van der Waals surface area contributed by atoms with Gasteiger partial charge in [0, 0.05) is 8.47 Å². The van der Waals surface area contributed by atoms with Gasteiger partial charge in [-0.05, 0) is 40.8 Å². The summed E-state index contributed by atoms with van der Waals surface area (Å²) in [6, 6.07) is 4.67. The molecule has 2 N–H and O–H groups in total. The molecule has 0 fully saturated rings. The van der Waals surface area contributed by atoms with Gasteiger partial charge in [-0.25, -0.2) is 0 Å². The van der Waals surface area contributed by atoms with Crippen molar-refractivity contribution in [2.75, 3.05) is 0 Å². The molecule has 0 saturated carbocycles. The summed E-state index contributed by atoms with van der Waals surface area (Å²) in [6.45, 7) is 0. The van der Waals surface area contributed by atoms with E-state index in [9.17, 15) is 8.42 Å². The number of rotatable bonds is 2. The molecule has 0 heterocycles. The van der Waals surface area contributed by atoms with Gasteiger partial charge in [0.25, 0.3) is 0 Å². The number of hydrogen-bond donors (Lipinski definition) is 2. The van der Waals surface area contributed by atoms with Crippen molar-refractivity contribution in [1.29, 1.82) is 0 Å². The van der Waals surface area contributed by atoms with Gasteiger partial charge in [-0.15, -0.1) is 12.6 Å². The van der Waals surface area contributed by atoms with Crippen LogP contribution in [0.25, 0.3) is 0 Å². The molecule has 7 heteroatoms. The third-order valence-corrected chi connectivity index (χ3v) is 3.29. The number of thiol groups is 1. The number of hydrogen-bond acceptors (Lipinski definition) is 4. The molecule has 0 aromatic heterocycles. The van der Waals surface area contributed by atoms with Crippen molar-refractivity contribution in [3.63, 3.8) is 0 Å². The van der Waals surface area contributed by atoms with E-state index in [2.05, 4.69) is 44.5 Å². The topological polar surface area (TPSA) is 69.4 Å². The van der Waals surface area contributed by atoms with E-state index in [0.29, 0.717) is 4.90 Å². The lowest BCUT2D eigenvalue weighted by atomic mass is 10.3. The normalized spacial score (nSPS) is 11.3. The van der Waals surface area contributed by atoms with E-state index in [0.717, 1.165) is 3.57 Å². The Bertz CT molecular complexity index is 418. The first-order valence-electron chi connectivity index (χ1n) is 3.09. The molecule has 1 aromatic carbocycles. The third-order valence-electron chi connectivity index (χ3n) is 1.13. The lowest BCUT2D eigenvalue weighted by Crippen LogP contribution is -2.18. The summed E-state index contributed by atoms with van der Waals surface area (Å²) in [5, 5.41) is 4.68. The molecule has 0 amide bonds. The number of nitrogens with two attached hydrogens (primary N) is 1. The Morgan fingerprint density at radius 3 is 2.54 bits per heavy atom. The quantitative estimate of drug-likeness (QED) is 0.631. The van der Waals surface area contributed by atoms with Crippen LogP contribution >= 0.6 is 35.2 Å². The van der Waals surface area contributed by atoms with E-state index >= 15 is 0 Å². The zero-order valence-electron chi connectivity index (χ0n) is 6.27. The Hall–Kier alpha value is 0.01000. The van der Waals surface area contributed by atoms with Crippen molar-refractivity contribution in [3.05, 3.63) is 21.8 Å². The van der Waals surface area contributed by atoms with Crippen molar-refractivity contribution in [3.8, 4) is 5.75 Å². The Morgan fingerprint density at radius 2 is 2.08 bits per heavy atom. The summed E-state index contributed by atoms with van der Waals surface area (Å²) < 4.78 is 26.4. The molecule has 0 atom stereocenters. The molecule has 0 aliphatic heterocycles. The molecule has 0 radical (unpaired) electrons. The highest BCUT2D eigenvalue weighted by molar-refractivity contribution is 14.1. The predicted molar refractivity (Wildman–Crippen MR) is 60.1 cm³/mol. The minimum Gasteiger partial charge on any atom is -0.371 e. The van der Waals surface area contributed by atoms with Crippen molar-refractivity contribution in [1.82, 2.24) is 0 Å². The van der Waals surface area contributed by atoms with E-state index < -0.39 is 10.3 Å². The van der Waals surface area contributed by atoms with Crippen molar-refractivity contribution in [2.24, 2.45) is 5.14 Å². The van der Waals surface area contributed by atoms with Gasteiger partial charge in [0.1, 0.15) is 5.75 Å². The zero-order chi connectivity index (χ0) is 10.1. The fraction of sp³-hybridized carbons (Fsp3) is 0. The van der Waals surface area contributed by atoms with Gasteiger partial charge in [0.15, 0.2) is 0 Å². The first kappa shape index (κ1) is 11.1. The summed E-state index contributed by atoms with van der Waals surface area (Å²) in [5.41, 5.74) is 0. The van der Waals surface area contributed by atoms with Crippen molar-refractivity contribution >= 4 is 45.5 Å². The Labute approximate surface area is 95.3 Å². The largest absolute Gasteiger partial charge is 0.380 e. The first-order valence-corrected chi connectivity index (χ1v) is 6.09. The van der Waals surface area contributed by atoms with Crippen LogP contribution in [0.5, 0.6) is 5.75 Å². The lowest BCUT2D eigenvalue weighted by Gasteiger charge is -2.03. The summed E-state index contributed by atoms with van der Waals surface area (Å²) in [7, 11) is -3.94. The maximum atomic E-state index is 10.5. The molecule has 0 spiro atoms. The second-order valence-corrected chi connectivity index (χ2v) is 4.99. The SMILES string of the molecule is NS(=O)(=O)Oc1ccc(I)c(S)c1. The molecular weight excluding hydrogens is 325 g/mol. The van der Waals surface area contributed by atoms with Gasteiger partial charge >= 0.3 is 10.3 Å². The molecule has 0 aliphatic rings. The van der Waals surface area contributed by atoms with E-state index in [4.69, 9.17) is 0 Å². The summed E-state index contributed by atoms with van der Waals surface area (Å²) in [5.74, 6) is 0.160. The molecule has 0 saturated heterocycles. The van der Waals surface area contributed by atoms with Gasteiger partial charge in [-0.1, -0.05) is 0 Å². The highest BCUT2D eigenvalue weighted by Gasteiger charge is 2.05. The molecule has 0 aliphatic carbocycles. The second kappa shape index (κ2) is 4.03. The average Bonchev–Trinajstić information content (AvgIpc) is 1.94. The Morgan fingerprint density at radius 1 is 1.46 bits per heavy atom. The van der Waals surface area contributed by atoms with Crippen molar-refractivity contribution in [2.45, 2.75) is 4.90 Å². The van der Waals surface area contributed by atoms with Crippen LogP contribution < -0.4 is 9.32 Å². The van der Waals surface area contributed by atoms with Gasteiger partial charge in [0.05, 0.1) is 0 Å². The van der Waals surface area contributed by atoms with Crippen LogP contribution in [0.1, 0.15) is 0 Å². The molecule has 1 aromatic rings. The second-order valence-electron chi connectivity index (χ2n) is 2.19. The molecular formula is C6H6INO3S2. The number of halogens is 1. The maximum absolute atomic E-state index is 10.5.